The fourth-order valence-electron chi connectivity index (χ4n) is 5.69. The summed E-state index contributed by atoms with van der Waals surface area (Å²) in [5, 5.41) is 10.6. The standard InChI is InChI=1S/C37H49FN2O5/c1-24(2)44-35(42)34(45-36(4,5)6)31-25(3)39-30(23-41)32(33(31)40-20-18-37(7,8)19-21-40)27-11-15-29(16-12-27)43-22-17-26-9-13-28(38)14-10-26/h9-16,24,34,41H,17-23H2,1-8H3/t34-/m0/s1. The molecule has 1 fully saturated rings. The predicted molar refractivity (Wildman–Crippen MR) is 176 cm³/mol. The number of aliphatic hydroxyl groups is 1. The van der Waals surface area contributed by atoms with Crippen molar-refractivity contribution in [1.82, 2.24) is 4.98 Å². The first-order chi connectivity index (χ1) is 21.2. The van der Waals surface area contributed by atoms with E-state index in [4.69, 9.17) is 19.2 Å². The van der Waals surface area contributed by atoms with Gasteiger partial charge in [-0.25, -0.2) is 9.18 Å². The van der Waals surface area contributed by atoms with Gasteiger partial charge in [0.05, 0.1) is 36.3 Å². The van der Waals surface area contributed by atoms with Crippen LogP contribution in [0.15, 0.2) is 48.5 Å². The van der Waals surface area contributed by atoms with E-state index in [0.717, 1.165) is 48.3 Å². The van der Waals surface area contributed by atoms with Crippen molar-refractivity contribution in [2.24, 2.45) is 5.41 Å². The van der Waals surface area contributed by atoms with E-state index >= 15 is 0 Å². The maximum Gasteiger partial charge on any atom is 0.340 e. The molecule has 1 aliphatic heterocycles. The number of rotatable bonds is 11. The van der Waals surface area contributed by atoms with Gasteiger partial charge >= 0.3 is 5.97 Å². The minimum absolute atomic E-state index is 0.198. The van der Waals surface area contributed by atoms with Crippen LogP contribution in [0.3, 0.4) is 0 Å². The average Bonchev–Trinajstić information content (AvgIpc) is 2.96. The van der Waals surface area contributed by atoms with Gasteiger partial charge in [0.15, 0.2) is 6.10 Å². The average molecular weight is 621 g/mol. The van der Waals surface area contributed by atoms with Crippen LogP contribution in [0, 0.1) is 18.2 Å². The molecule has 1 N–H and O–H groups in total. The SMILES string of the molecule is Cc1nc(CO)c(-c2ccc(OCCc3ccc(F)cc3)cc2)c(N2CCC(C)(C)CC2)c1[C@H](OC(C)(C)C)C(=O)OC(C)C. The van der Waals surface area contributed by atoms with Gasteiger partial charge in [-0.3, -0.25) is 4.98 Å². The number of piperidine rings is 1. The van der Waals surface area contributed by atoms with Crippen molar-refractivity contribution >= 4 is 11.7 Å². The molecule has 1 saturated heterocycles. The van der Waals surface area contributed by atoms with Crippen LogP contribution in [-0.2, 0) is 27.3 Å². The summed E-state index contributed by atoms with van der Waals surface area (Å²) in [5.41, 5.74) is 4.85. The number of hydrogen-bond donors (Lipinski definition) is 1. The zero-order valence-electron chi connectivity index (χ0n) is 28.1. The minimum atomic E-state index is -1.01. The number of nitrogens with zero attached hydrogens (tertiary/aromatic N) is 2. The Hall–Kier alpha value is -3.49. The van der Waals surface area contributed by atoms with E-state index in [9.17, 15) is 14.3 Å². The summed E-state index contributed by atoms with van der Waals surface area (Å²) in [5.74, 6) is -0.0227. The van der Waals surface area contributed by atoms with Crippen molar-refractivity contribution in [2.45, 2.75) is 99.1 Å². The normalized spacial score (nSPS) is 15.7. The second kappa shape index (κ2) is 14.3. The number of anilines is 1. The number of carbonyl (C=O) groups excluding carboxylic acids is 1. The highest BCUT2D eigenvalue weighted by Crippen LogP contribution is 2.45. The molecular weight excluding hydrogens is 571 g/mol. The topological polar surface area (TPSA) is 81.1 Å². The van der Waals surface area contributed by atoms with Crippen LogP contribution in [0.5, 0.6) is 5.75 Å². The summed E-state index contributed by atoms with van der Waals surface area (Å²) < 4.78 is 31.5. The molecule has 0 unspecified atom stereocenters. The van der Waals surface area contributed by atoms with E-state index in [2.05, 4.69) is 18.7 Å². The first kappa shape index (κ1) is 34.4. The molecule has 2 heterocycles. The van der Waals surface area contributed by atoms with Crippen molar-refractivity contribution in [3.63, 3.8) is 0 Å². The molecule has 1 aromatic heterocycles. The number of carbonyl (C=O) groups is 1. The van der Waals surface area contributed by atoms with E-state index in [1.807, 2.05) is 65.8 Å². The van der Waals surface area contributed by atoms with Crippen LogP contribution < -0.4 is 9.64 Å². The van der Waals surface area contributed by atoms with Crippen LogP contribution in [0.1, 0.15) is 89.9 Å². The third kappa shape index (κ3) is 9.04. The van der Waals surface area contributed by atoms with Crippen LogP contribution >= 0.6 is 0 Å². The Morgan fingerprint density at radius 2 is 1.67 bits per heavy atom. The summed E-state index contributed by atoms with van der Waals surface area (Å²) in [4.78, 5) is 20.9. The molecule has 3 aromatic rings. The van der Waals surface area contributed by atoms with E-state index in [-0.39, 0.29) is 23.9 Å². The maximum atomic E-state index is 13.7. The molecule has 0 saturated carbocycles. The molecule has 0 spiro atoms. The molecule has 0 bridgehead atoms. The summed E-state index contributed by atoms with van der Waals surface area (Å²) in [6.45, 7) is 17.6. The number of hydrogen-bond acceptors (Lipinski definition) is 7. The van der Waals surface area contributed by atoms with Crippen LogP contribution in [0.4, 0.5) is 10.1 Å². The highest BCUT2D eigenvalue weighted by atomic mass is 19.1. The van der Waals surface area contributed by atoms with Crippen molar-refractivity contribution in [3.8, 4) is 16.9 Å². The second-order valence-electron chi connectivity index (χ2n) is 13.9. The van der Waals surface area contributed by atoms with Gasteiger partial charge in [-0.05, 0) is 95.2 Å². The zero-order valence-corrected chi connectivity index (χ0v) is 28.1. The van der Waals surface area contributed by atoms with Gasteiger partial charge < -0.3 is 24.2 Å². The van der Waals surface area contributed by atoms with Crippen LogP contribution in [0.25, 0.3) is 11.1 Å². The van der Waals surface area contributed by atoms with Gasteiger partial charge in [0, 0.05) is 36.3 Å². The molecule has 0 radical (unpaired) electrons. The van der Waals surface area contributed by atoms with Crippen molar-refractivity contribution in [2.75, 3.05) is 24.6 Å². The van der Waals surface area contributed by atoms with Gasteiger partial charge in [-0.15, -0.1) is 0 Å². The number of benzene rings is 2. The summed E-state index contributed by atoms with van der Waals surface area (Å²) in [7, 11) is 0. The second-order valence-corrected chi connectivity index (χ2v) is 13.9. The number of esters is 1. The molecule has 4 rings (SSSR count). The molecule has 8 heteroatoms. The summed E-state index contributed by atoms with van der Waals surface area (Å²) in [6, 6.07) is 14.2. The lowest BCUT2D eigenvalue weighted by Crippen LogP contribution is -2.39. The highest BCUT2D eigenvalue weighted by molar-refractivity contribution is 5.88. The summed E-state index contributed by atoms with van der Waals surface area (Å²) in [6.07, 6.45) is 1.28. The van der Waals surface area contributed by atoms with Crippen LogP contribution in [0.2, 0.25) is 0 Å². The minimum Gasteiger partial charge on any atom is -0.493 e. The maximum absolute atomic E-state index is 13.7. The first-order valence-electron chi connectivity index (χ1n) is 15.9. The fraction of sp³-hybridized carbons (Fsp3) is 0.514. The molecule has 0 amide bonds. The molecule has 1 aliphatic rings. The molecule has 244 valence electrons. The molecule has 45 heavy (non-hydrogen) atoms. The quantitative estimate of drug-likeness (QED) is 0.220. The Balaban J connectivity index is 1.79. The number of aryl methyl sites for hydroxylation is 1. The third-order valence-electron chi connectivity index (χ3n) is 8.07. The largest absolute Gasteiger partial charge is 0.493 e. The number of aliphatic hydroxyl groups excluding tert-OH is 1. The van der Waals surface area contributed by atoms with E-state index < -0.39 is 17.7 Å². The first-order valence-corrected chi connectivity index (χ1v) is 15.9. The molecule has 2 aromatic carbocycles. The Morgan fingerprint density at radius 3 is 2.22 bits per heavy atom. The predicted octanol–water partition coefficient (Wildman–Crippen LogP) is 7.74. The molecular formula is C37H49FN2O5. The lowest BCUT2D eigenvalue weighted by molar-refractivity contribution is -0.171. The number of pyridine rings is 1. The number of aromatic nitrogens is 1. The third-order valence-corrected chi connectivity index (χ3v) is 8.07. The molecule has 7 nitrogen and oxygen atoms in total. The van der Waals surface area contributed by atoms with Gasteiger partial charge in [0.25, 0.3) is 0 Å². The van der Waals surface area contributed by atoms with Gasteiger partial charge in [-0.1, -0.05) is 38.1 Å². The zero-order chi connectivity index (χ0) is 32.9. The van der Waals surface area contributed by atoms with Crippen molar-refractivity contribution < 1.29 is 28.5 Å². The molecule has 1 atom stereocenters. The lowest BCUT2D eigenvalue weighted by Gasteiger charge is -2.41. The number of ether oxygens (including phenoxy) is 3. The fourth-order valence-corrected chi connectivity index (χ4v) is 5.69. The molecule has 0 aliphatic carbocycles. The van der Waals surface area contributed by atoms with Gasteiger partial charge in [0.2, 0.25) is 0 Å². The Kier molecular flexibility index (Phi) is 10.9. The van der Waals surface area contributed by atoms with Crippen molar-refractivity contribution in [1.29, 1.82) is 0 Å². The van der Waals surface area contributed by atoms with E-state index in [0.29, 0.717) is 35.7 Å². The number of halogens is 1. The van der Waals surface area contributed by atoms with Crippen molar-refractivity contribution in [3.05, 3.63) is 76.9 Å². The van der Waals surface area contributed by atoms with Gasteiger partial charge in [-0.2, -0.15) is 0 Å². The van der Waals surface area contributed by atoms with Gasteiger partial charge in [0.1, 0.15) is 11.6 Å². The summed E-state index contributed by atoms with van der Waals surface area (Å²) >= 11 is 0. The Morgan fingerprint density at radius 1 is 1.04 bits per heavy atom. The highest BCUT2D eigenvalue weighted by Gasteiger charge is 2.38. The van der Waals surface area contributed by atoms with E-state index in [1.54, 1.807) is 12.1 Å². The van der Waals surface area contributed by atoms with Crippen LogP contribution in [-0.4, -0.2) is 47.5 Å². The monoisotopic (exact) mass is 620 g/mol. The smallest absolute Gasteiger partial charge is 0.340 e. The van der Waals surface area contributed by atoms with E-state index in [1.165, 1.54) is 12.1 Å². The Bertz CT molecular complexity index is 1440. The Labute approximate surface area is 267 Å². The lowest BCUT2D eigenvalue weighted by atomic mass is 9.81.